The Morgan fingerprint density at radius 1 is 1.17 bits per heavy atom. The van der Waals surface area contributed by atoms with E-state index in [9.17, 15) is 18.0 Å². The van der Waals surface area contributed by atoms with Gasteiger partial charge in [-0.2, -0.15) is 13.2 Å². The Bertz CT molecular complexity index is 1450. The summed E-state index contributed by atoms with van der Waals surface area (Å²) >= 11 is 0. The number of fused-ring (bicyclic) bond motifs is 1. The predicted molar refractivity (Wildman–Crippen MR) is 124 cm³/mol. The number of amides is 1. The average Bonchev–Trinajstić information content (AvgIpc) is 3.50. The number of hydrogen-bond donors (Lipinski definition) is 1. The van der Waals surface area contributed by atoms with Gasteiger partial charge >= 0.3 is 6.18 Å². The van der Waals surface area contributed by atoms with Crippen molar-refractivity contribution in [3.63, 3.8) is 0 Å². The number of ether oxygens (including phenoxy) is 1. The van der Waals surface area contributed by atoms with Gasteiger partial charge in [-0.1, -0.05) is 6.58 Å². The van der Waals surface area contributed by atoms with E-state index < -0.39 is 11.7 Å². The molecule has 0 spiro atoms. The van der Waals surface area contributed by atoms with Crippen LogP contribution in [0.5, 0.6) is 11.6 Å². The largest absolute Gasteiger partial charge is 0.437 e. The lowest BCUT2D eigenvalue weighted by atomic mass is 10.0. The van der Waals surface area contributed by atoms with Crippen LogP contribution < -0.4 is 10.5 Å². The fourth-order valence-corrected chi connectivity index (χ4v) is 4.20. The quantitative estimate of drug-likeness (QED) is 0.415. The molecule has 5 rings (SSSR count). The van der Waals surface area contributed by atoms with Crippen molar-refractivity contribution in [2.24, 2.45) is 0 Å². The monoisotopic (exact) mass is 495 g/mol. The summed E-state index contributed by atoms with van der Waals surface area (Å²) in [6.45, 7) is 4.65. The van der Waals surface area contributed by atoms with Crippen molar-refractivity contribution in [1.82, 2.24) is 29.2 Å². The van der Waals surface area contributed by atoms with Crippen molar-refractivity contribution >= 4 is 17.4 Å². The number of alkyl halides is 3. The number of nitrogens with zero attached hydrogens (tertiary/aromatic N) is 6. The smallest absolute Gasteiger partial charge is 0.416 e. The standard InChI is InChI=1S/C24H20F3N7O2/c1-2-20(35)33-10-7-14(13-33)21-18-6-9-30-23(28)34(18)22(32-21)17-4-3-16(12-31-17)36-19-11-15(5-8-29-19)24(25,26)27/h2-6,8-9,11-12,14H,1,7,10,13H2,(H2,28,30). The fraction of sp³-hybridized carbons (Fsp3) is 0.208. The fourth-order valence-electron chi connectivity index (χ4n) is 4.20. The van der Waals surface area contributed by atoms with Gasteiger partial charge in [-0.05, 0) is 36.8 Å². The summed E-state index contributed by atoms with van der Waals surface area (Å²) in [6, 6.07) is 6.66. The van der Waals surface area contributed by atoms with E-state index in [2.05, 4.69) is 21.5 Å². The second kappa shape index (κ2) is 8.95. The Labute approximate surface area is 203 Å². The minimum Gasteiger partial charge on any atom is -0.437 e. The van der Waals surface area contributed by atoms with Gasteiger partial charge in [-0.15, -0.1) is 0 Å². The van der Waals surface area contributed by atoms with Gasteiger partial charge in [0.05, 0.1) is 23.0 Å². The van der Waals surface area contributed by atoms with Crippen LogP contribution in [0, 0.1) is 0 Å². The van der Waals surface area contributed by atoms with E-state index in [-0.39, 0.29) is 29.4 Å². The number of anilines is 1. The molecule has 0 aliphatic carbocycles. The normalized spacial score (nSPS) is 15.9. The second-order valence-corrected chi connectivity index (χ2v) is 8.18. The van der Waals surface area contributed by atoms with Crippen LogP contribution in [0.1, 0.15) is 23.6 Å². The molecule has 1 aliphatic heterocycles. The van der Waals surface area contributed by atoms with E-state index in [0.29, 0.717) is 24.6 Å². The van der Waals surface area contributed by atoms with Gasteiger partial charge in [-0.3, -0.25) is 9.20 Å². The van der Waals surface area contributed by atoms with Gasteiger partial charge in [0.15, 0.2) is 5.82 Å². The highest BCUT2D eigenvalue weighted by atomic mass is 19.4. The highest BCUT2D eigenvalue weighted by molar-refractivity contribution is 5.87. The number of carbonyl (C=O) groups excluding carboxylic acids is 1. The lowest BCUT2D eigenvalue weighted by Crippen LogP contribution is -2.26. The summed E-state index contributed by atoms with van der Waals surface area (Å²) in [5.74, 6) is 0.522. The molecule has 4 aromatic heterocycles. The Balaban J connectivity index is 1.45. The van der Waals surface area contributed by atoms with E-state index in [1.54, 1.807) is 33.7 Å². The highest BCUT2D eigenvalue weighted by Gasteiger charge is 2.32. The molecule has 5 heterocycles. The molecule has 1 aliphatic rings. The first-order valence-corrected chi connectivity index (χ1v) is 11.0. The third kappa shape index (κ3) is 4.32. The topological polar surface area (TPSA) is 112 Å². The van der Waals surface area contributed by atoms with Crippen LogP contribution in [0.15, 0.2) is 61.6 Å². The minimum atomic E-state index is -4.51. The van der Waals surface area contributed by atoms with E-state index in [4.69, 9.17) is 15.5 Å². The summed E-state index contributed by atoms with van der Waals surface area (Å²) in [4.78, 5) is 30.9. The number of likely N-dealkylation sites (tertiary alicyclic amines) is 1. The van der Waals surface area contributed by atoms with Crippen LogP contribution in [0.2, 0.25) is 0 Å². The van der Waals surface area contributed by atoms with Gasteiger partial charge < -0.3 is 15.4 Å². The maximum Gasteiger partial charge on any atom is 0.416 e. The molecule has 1 amide bonds. The molecule has 1 unspecified atom stereocenters. The lowest BCUT2D eigenvalue weighted by Gasteiger charge is -2.13. The molecule has 9 nitrogen and oxygen atoms in total. The summed E-state index contributed by atoms with van der Waals surface area (Å²) in [5, 5.41) is 0. The number of hydrogen-bond acceptors (Lipinski definition) is 7. The number of nitrogen functional groups attached to an aromatic ring is 1. The summed E-state index contributed by atoms with van der Waals surface area (Å²) in [5.41, 5.74) is 7.29. The Morgan fingerprint density at radius 3 is 2.69 bits per heavy atom. The number of aromatic nitrogens is 5. The van der Waals surface area contributed by atoms with Gasteiger partial charge in [0.25, 0.3) is 0 Å². The molecular formula is C24H20F3N7O2. The SMILES string of the molecule is C=CC(=O)N1CCC(c2nc(-c3ccc(Oc4cc(C(F)(F)F)ccn4)cn3)n3c(N)nccc23)C1. The molecule has 2 N–H and O–H groups in total. The van der Waals surface area contributed by atoms with E-state index in [1.165, 1.54) is 12.3 Å². The zero-order valence-corrected chi connectivity index (χ0v) is 18.8. The summed E-state index contributed by atoms with van der Waals surface area (Å²) < 4.78 is 46.0. The number of pyridine rings is 2. The summed E-state index contributed by atoms with van der Waals surface area (Å²) in [7, 11) is 0. The molecule has 1 atom stereocenters. The van der Waals surface area contributed by atoms with Crippen LogP contribution in [0.25, 0.3) is 17.0 Å². The molecule has 0 bridgehead atoms. The highest BCUT2D eigenvalue weighted by Crippen LogP contribution is 2.34. The van der Waals surface area contributed by atoms with Crippen LogP contribution in [0.4, 0.5) is 19.1 Å². The van der Waals surface area contributed by atoms with Gasteiger partial charge in [0.1, 0.15) is 11.4 Å². The molecule has 1 saturated heterocycles. The number of rotatable bonds is 5. The molecule has 36 heavy (non-hydrogen) atoms. The Morgan fingerprint density at radius 2 is 1.97 bits per heavy atom. The number of carbonyl (C=O) groups is 1. The minimum absolute atomic E-state index is 0.00552. The van der Waals surface area contributed by atoms with Crippen molar-refractivity contribution in [1.29, 1.82) is 0 Å². The first-order chi connectivity index (χ1) is 17.2. The zero-order valence-electron chi connectivity index (χ0n) is 18.8. The van der Waals surface area contributed by atoms with Crippen molar-refractivity contribution < 1.29 is 22.7 Å². The molecule has 0 saturated carbocycles. The van der Waals surface area contributed by atoms with Crippen LogP contribution >= 0.6 is 0 Å². The van der Waals surface area contributed by atoms with Gasteiger partial charge in [0.2, 0.25) is 17.7 Å². The van der Waals surface area contributed by atoms with E-state index in [1.807, 2.05) is 0 Å². The average molecular weight is 495 g/mol. The molecular weight excluding hydrogens is 475 g/mol. The van der Waals surface area contributed by atoms with Crippen LogP contribution in [-0.4, -0.2) is 48.2 Å². The number of nitrogens with two attached hydrogens (primary N) is 1. The maximum absolute atomic E-state index is 13.0. The lowest BCUT2D eigenvalue weighted by molar-refractivity contribution is -0.137. The maximum atomic E-state index is 13.0. The molecule has 184 valence electrons. The number of imidazole rings is 1. The molecule has 0 aromatic carbocycles. The summed E-state index contributed by atoms with van der Waals surface area (Å²) in [6.07, 6.45) is 1.51. The van der Waals surface area contributed by atoms with Crippen molar-refractivity contribution in [2.45, 2.75) is 18.5 Å². The third-order valence-corrected chi connectivity index (χ3v) is 5.92. The van der Waals surface area contributed by atoms with Crippen LogP contribution in [0.3, 0.4) is 0 Å². The van der Waals surface area contributed by atoms with Crippen LogP contribution in [-0.2, 0) is 11.0 Å². The Kier molecular flexibility index (Phi) is 5.78. The van der Waals surface area contributed by atoms with Crippen molar-refractivity contribution in [3.8, 4) is 23.1 Å². The number of halogens is 3. The molecule has 12 heteroatoms. The Hall–Kier alpha value is -4.48. The van der Waals surface area contributed by atoms with Crippen molar-refractivity contribution in [2.75, 3.05) is 18.8 Å². The van der Waals surface area contributed by atoms with Gasteiger partial charge in [0, 0.05) is 37.5 Å². The van der Waals surface area contributed by atoms with E-state index in [0.717, 1.165) is 36.0 Å². The predicted octanol–water partition coefficient (Wildman–Crippen LogP) is 4.08. The zero-order chi connectivity index (χ0) is 25.4. The van der Waals surface area contributed by atoms with Gasteiger partial charge in [-0.25, -0.2) is 19.9 Å². The first kappa shape index (κ1) is 23.3. The second-order valence-electron chi connectivity index (χ2n) is 8.18. The third-order valence-electron chi connectivity index (χ3n) is 5.92. The molecule has 1 fully saturated rings. The van der Waals surface area contributed by atoms with Crippen molar-refractivity contribution in [3.05, 3.63) is 72.8 Å². The first-order valence-electron chi connectivity index (χ1n) is 11.0. The molecule has 4 aromatic rings. The molecule has 0 radical (unpaired) electrons. The van der Waals surface area contributed by atoms with E-state index >= 15 is 0 Å².